The highest BCUT2D eigenvalue weighted by Crippen LogP contribution is 2.65. The fourth-order valence-corrected chi connectivity index (χ4v) is 6.28. The van der Waals surface area contributed by atoms with Gasteiger partial charge in [-0.25, -0.2) is 4.79 Å². The first-order chi connectivity index (χ1) is 12.7. The van der Waals surface area contributed by atoms with Crippen LogP contribution in [0.3, 0.4) is 0 Å². The average Bonchev–Trinajstić information content (AvgIpc) is 3.27. The van der Waals surface area contributed by atoms with Gasteiger partial charge in [-0.05, 0) is 55.3 Å². The normalized spacial score (nSPS) is 35.9. The number of carbonyl (C=O) groups is 3. The molecule has 2 bridgehead atoms. The second-order valence-electron chi connectivity index (χ2n) is 10.0. The van der Waals surface area contributed by atoms with E-state index in [4.69, 9.17) is 0 Å². The molecule has 1 spiro atoms. The first-order valence-electron chi connectivity index (χ1n) is 10.6. The molecule has 0 aromatic rings. The van der Waals surface area contributed by atoms with E-state index >= 15 is 0 Å². The molecule has 6 heteroatoms. The Hall–Kier alpha value is -1.59. The smallest absolute Gasteiger partial charge is 0.325 e. The average molecular weight is 376 g/mol. The lowest BCUT2D eigenvalue weighted by Crippen LogP contribution is -2.47. The van der Waals surface area contributed by atoms with E-state index in [1.165, 1.54) is 17.7 Å². The van der Waals surface area contributed by atoms with Crippen molar-refractivity contribution in [3.63, 3.8) is 0 Å². The third-order valence-electron chi connectivity index (χ3n) is 8.62. The van der Waals surface area contributed by atoms with Gasteiger partial charge in [-0.1, -0.05) is 33.6 Å². The molecule has 150 valence electrons. The molecular weight excluding hydrogens is 342 g/mol. The molecule has 1 aliphatic heterocycles. The van der Waals surface area contributed by atoms with Gasteiger partial charge in [0.25, 0.3) is 5.91 Å². The number of imide groups is 1. The van der Waals surface area contributed by atoms with Gasteiger partial charge in [0, 0.05) is 19.0 Å². The molecule has 0 radical (unpaired) electrons. The molecule has 4 fully saturated rings. The third-order valence-corrected chi connectivity index (χ3v) is 8.62. The minimum atomic E-state index is -0.650. The Balaban J connectivity index is 1.27. The highest BCUT2D eigenvalue weighted by molar-refractivity contribution is 6.07. The van der Waals surface area contributed by atoms with E-state index in [0.29, 0.717) is 25.3 Å². The molecular formula is C21H33N3O3. The van der Waals surface area contributed by atoms with Crippen LogP contribution in [0.1, 0.15) is 78.6 Å². The van der Waals surface area contributed by atoms with Crippen LogP contribution in [0.2, 0.25) is 0 Å². The maximum atomic E-state index is 12.6. The van der Waals surface area contributed by atoms with Crippen LogP contribution >= 0.6 is 0 Å². The van der Waals surface area contributed by atoms with E-state index in [1.807, 2.05) is 0 Å². The number of rotatable bonds is 5. The molecule has 4 aliphatic rings. The molecule has 0 aromatic heterocycles. The van der Waals surface area contributed by atoms with Gasteiger partial charge >= 0.3 is 6.03 Å². The number of carbonyl (C=O) groups excluding carboxylic acids is 3. The number of hydrogen-bond donors (Lipinski definition) is 2. The summed E-state index contributed by atoms with van der Waals surface area (Å²) in [4.78, 5) is 38.7. The Morgan fingerprint density at radius 1 is 1.19 bits per heavy atom. The number of nitrogens with one attached hydrogen (secondary N) is 2. The van der Waals surface area contributed by atoms with Gasteiger partial charge in [0.2, 0.25) is 5.91 Å². The summed E-state index contributed by atoms with van der Waals surface area (Å²) < 4.78 is 0. The maximum Gasteiger partial charge on any atom is 0.325 e. The molecule has 3 atom stereocenters. The van der Waals surface area contributed by atoms with Crippen LogP contribution in [0.5, 0.6) is 0 Å². The van der Waals surface area contributed by atoms with Crippen molar-refractivity contribution in [3.05, 3.63) is 0 Å². The predicted molar refractivity (Wildman–Crippen MR) is 102 cm³/mol. The van der Waals surface area contributed by atoms with Gasteiger partial charge in [-0.15, -0.1) is 0 Å². The number of nitrogens with zero attached hydrogens (tertiary/aromatic N) is 1. The molecule has 3 saturated carbocycles. The van der Waals surface area contributed by atoms with Crippen molar-refractivity contribution in [1.29, 1.82) is 0 Å². The summed E-state index contributed by atoms with van der Waals surface area (Å²) in [7, 11) is 0. The minimum Gasteiger partial charge on any atom is -0.353 e. The fourth-order valence-electron chi connectivity index (χ4n) is 6.28. The molecule has 4 amide bonds. The van der Waals surface area contributed by atoms with E-state index < -0.39 is 5.54 Å². The zero-order chi connectivity index (χ0) is 19.4. The Kier molecular flexibility index (Phi) is 4.32. The lowest BCUT2D eigenvalue weighted by molar-refractivity contribution is -0.131. The van der Waals surface area contributed by atoms with Gasteiger partial charge in [0.1, 0.15) is 5.54 Å². The second-order valence-corrected chi connectivity index (χ2v) is 10.0. The van der Waals surface area contributed by atoms with E-state index in [2.05, 4.69) is 31.4 Å². The van der Waals surface area contributed by atoms with Gasteiger partial charge in [-0.2, -0.15) is 0 Å². The molecule has 1 saturated heterocycles. The first kappa shape index (κ1) is 18.8. The van der Waals surface area contributed by atoms with E-state index in [0.717, 1.165) is 32.1 Å². The van der Waals surface area contributed by atoms with Crippen molar-refractivity contribution in [2.24, 2.45) is 16.7 Å². The van der Waals surface area contributed by atoms with E-state index in [-0.39, 0.29) is 34.7 Å². The molecule has 3 aliphatic carbocycles. The SMILES string of the molecule is CC1(C)C2CCC1(C)C(NC(=O)CCCN1C(=O)NC3(CCCC3)C1=O)C2. The van der Waals surface area contributed by atoms with Gasteiger partial charge in [0.05, 0.1) is 0 Å². The van der Waals surface area contributed by atoms with Crippen molar-refractivity contribution in [3.8, 4) is 0 Å². The highest BCUT2D eigenvalue weighted by Gasteiger charge is 2.61. The van der Waals surface area contributed by atoms with Crippen LogP contribution in [0, 0.1) is 16.7 Å². The largest absolute Gasteiger partial charge is 0.353 e. The fraction of sp³-hybridized carbons (Fsp3) is 0.857. The van der Waals surface area contributed by atoms with E-state index in [9.17, 15) is 14.4 Å². The number of urea groups is 1. The Morgan fingerprint density at radius 3 is 2.48 bits per heavy atom. The van der Waals surface area contributed by atoms with E-state index in [1.54, 1.807) is 0 Å². The Bertz CT molecular complexity index is 668. The second kappa shape index (κ2) is 6.21. The lowest BCUT2D eigenvalue weighted by atomic mass is 9.69. The summed E-state index contributed by atoms with van der Waals surface area (Å²) in [6.45, 7) is 7.33. The summed E-state index contributed by atoms with van der Waals surface area (Å²) in [5, 5.41) is 6.15. The topological polar surface area (TPSA) is 78.5 Å². The van der Waals surface area contributed by atoms with Crippen molar-refractivity contribution in [2.75, 3.05) is 6.54 Å². The third kappa shape index (κ3) is 2.70. The number of hydrogen-bond acceptors (Lipinski definition) is 3. The standard InChI is InChI=1S/C21H33N3O3/c1-19(2)14-8-11-20(19,3)15(13-14)22-16(25)7-6-12-24-17(26)21(23-18(24)27)9-4-5-10-21/h14-15H,4-13H2,1-3H3,(H,22,25)(H,23,27). The lowest BCUT2D eigenvalue weighted by Gasteiger charge is -2.39. The molecule has 3 unspecified atom stereocenters. The van der Waals surface area contributed by atoms with Crippen molar-refractivity contribution >= 4 is 17.8 Å². The monoisotopic (exact) mass is 375 g/mol. The highest BCUT2D eigenvalue weighted by atomic mass is 16.2. The number of fused-ring (bicyclic) bond motifs is 2. The number of amides is 4. The van der Waals surface area contributed by atoms with Crippen molar-refractivity contribution in [2.45, 2.75) is 90.1 Å². The first-order valence-corrected chi connectivity index (χ1v) is 10.6. The summed E-state index contributed by atoms with van der Waals surface area (Å²) in [5.74, 6) is 0.654. The molecule has 4 rings (SSSR count). The van der Waals surface area contributed by atoms with Gasteiger partial charge in [-0.3, -0.25) is 14.5 Å². The minimum absolute atomic E-state index is 0.0483. The zero-order valence-electron chi connectivity index (χ0n) is 16.9. The van der Waals surface area contributed by atoms with Crippen LogP contribution in [0.4, 0.5) is 4.79 Å². The van der Waals surface area contributed by atoms with Gasteiger partial charge < -0.3 is 10.6 Å². The van der Waals surface area contributed by atoms with Crippen LogP contribution in [0.15, 0.2) is 0 Å². The van der Waals surface area contributed by atoms with Crippen LogP contribution in [0.25, 0.3) is 0 Å². The maximum absolute atomic E-state index is 12.6. The van der Waals surface area contributed by atoms with Crippen LogP contribution in [-0.2, 0) is 9.59 Å². The van der Waals surface area contributed by atoms with Crippen molar-refractivity contribution < 1.29 is 14.4 Å². The summed E-state index contributed by atoms with van der Waals surface area (Å²) >= 11 is 0. The molecule has 1 heterocycles. The molecule has 27 heavy (non-hydrogen) atoms. The zero-order valence-corrected chi connectivity index (χ0v) is 16.9. The predicted octanol–water partition coefficient (Wildman–Crippen LogP) is 2.96. The molecule has 6 nitrogen and oxygen atoms in total. The van der Waals surface area contributed by atoms with Crippen LogP contribution < -0.4 is 10.6 Å². The van der Waals surface area contributed by atoms with Crippen LogP contribution in [-0.4, -0.2) is 40.9 Å². The van der Waals surface area contributed by atoms with Crippen molar-refractivity contribution in [1.82, 2.24) is 15.5 Å². The quantitative estimate of drug-likeness (QED) is 0.725. The molecule has 2 N–H and O–H groups in total. The molecule has 0 aromatic carbocycles. The summed E-state index contributed by atoms with van der Waals surface area (Å²) in [5.41, 5.74) is -0.198. The van der Waals surface area contributed by atoms with Gasteiger partial charge in [0.15, 0.2) is 0 Å². The Morgan fingerprint density at radius 2 is 1.89 bits per heavy atom. The summed E-state index contributed by atoms with van der Waals surface area (Å²) in [6.07, 6.45) is 7.87. The summed E-state index contributed by atoms with van der Waals surface area (Å²) in [6, 6.07) is -0.0399. The Labute approximate surface area is 161 Å².